The number of carbonyl (C=O) groups is 1. The van der Waals surface area contributed by atoms with Gasteiger partial charge in [-0.15, -0.1) is 0 Å². The Kier molecular flexibility index (Phi) is 5.85. The third-order valence-electron chi connectivity index (χ3n) is 5.43. The zero-order chi connectivity index (χ0) is 22.5. The average molecular weight is 434 g/mol. The van der Waals surface area contributed by atoms with E-state index < -0.39 is 0 Å². The predicted octanol–water partition coefficient (Wildman–Crippen LogP) is 6.06. The molecule has 0 aliphatic rings. The van der Waals surface area contributed by atoms with Crippen LogP contribution >= 0.6 is 0 Å². The van der Waals surface area contributed by atoms with Crippen LogP contribution in [0.1, 0.15) is 11.1 Å². The lowest BCUT2D eigenvalue weighted by Crippen LogP contribution is -2.14. The minimum absolute atomic E-state index is 0.0569. The Morgan fingerprint density at radius 3 is 2.42 bits per heavy atom. The van der Waals surface area contributed by atoms with Gasteiger partial charge in [-0.1, -0.05) is 48.5 Å². The van der Waals surface area contributed by atoms with Gasteiger partial charge in [0.2, 0.25) is 5.91 Å². The fourth-order valence-corrected chi connectivity index (χ4v) is 3.90. The van der Waals surface area contributed by atoms with E-state index in [2.05, 4.69) is 45.3 Å². The molecule has 0 saturated heterocycles. The van der Waals surface area contributed by atoms with Crippen molar-refractivity contribution in [1.29, 1.82) is 0 Å². The Morgan fingerprint density at radius 1 is 0.848 bits per heavy atom. The molecule has 0 radical (unpaired) electrons. The monoisotopic (exact) mass is 433 g/mol. The first-order valence-electron chi connectivity index (χ1n) is 10.8. The highest BCUT2D eigenvalue weighted by molar-refractivity contribution is 5.96. The van der Waals surface area contributed by atoms with Gasteiger partial charge < -0.3 is 14.6 Å². The van der Waals surface area contributed by atoms with Gasteiger partial charge in [0.1, 0.15) is 11.5 Å². The number of carbonyl (C=O) groups excluding carboxylic acids is 1. The molecular weight excluding hydrogens is 410 g/mol. The van der Waals surface area contributed by atoms with E-state index in [4.69, 9.17) is 4.74 Å². The number of benzene rings is 3. The molecule has 0 unspecified atom stereocenters. The van der Waals surface area contributed by atoms with Crippen molar-refractivity contribution in [3.63, 3.8) is 0 Å². The van der Waals surface area contributed by atoms with Crippen molar-refractivity contribution in [3.8, 4) is 11.5 Å². The molecule has 5 nitrogen and oxygen atoms in total. The Balaban J connectivity index is 1.28. The molecule has 1 N–H and O–H groups in total. The molecule has 0 spiro atoms. The number of anilines is 1. The molecule has 0 aliphatic heterocycles. The van der Waals surface area contributed by atoms with Crippen molar-refractivity contribution in [3.05, 3.63) is 121 Å². The summed E-state index contributed by atoms with van der Waals surface area (Å²) in [5.41, 5.74) is 4.09. The van der Waals surface area contributed by atoms with E-state index in [9.17, 15) is 4.79 Å². The van der Waals surface area contributed by atoms with Crippen LogP contribution in [0.3, 0.4) is 0 Å². The zero-order valence-corrected chi connectivity index (χ0v) is 18.0. The second kappa shape index (κ2) is 9.40. The van der Waals surface area contributed by atoms with Crippen molar-refractivity contribution in [2.75, 3.05) is 5.32 Å². The smallest absolute Gasteiger partial charge is 0.228 e. The third kappa shape index (κ3) is 4.93. The quantitative estimate of drug-likeness (QED) is 0.339. The second-order valence-electron chi connectivity index (χ2n) is 7.83. The van der Waals surface area contributed by atoms with Crippen LogP contribution in [0.15, 0.2) is 110 Å². The number of rotatable bonds is 7. The summed E-state index contributed by atoms with van der Waals surface area (Å²) in [7, 11) is 0. The summed E-state index contributed by atoms with van der Waals surface area (Å²) in [6.45, 7) is 0.765. The summed E-state index contributed by atoms with van der Waals surface area (Å²) in [4.78, 5) is 16.8. The zero-order valence-electron chi connectivity index (χ0n) is 18.0. The fraction of sp³-hybridized carbons (Fsp3) is 0.0714. The highest BCUT2D eigenvalue weighted by Gasteiger charge is 2.12. The lowest BCUT2D eigenvalue weighted by Gasteiger charge is -2.08. The van der Waals surface area contributed by atoms with Gasteiger partial charge in [-0.25, -0.2) is 0 Å². The topological polar surface area (TPSA) is 56.2 Å². The molecule has 5 aromatic rings. The standard InChI is InChI=1S/C28H23N3O2/c32-28(30-23-12-14-24(15-13-23)33-25-9-6-16-29-18-25)17-22-20-31(19-21-7-2-1-3-8-21)27-11-5-4-10-26(22)27/h1-16,18,20H,17,19H2,(H,30,32). The summed E-state index contributed by atoms with van der Waals surface area (Å²) < 4.78 is 7.96. The van der Waals surface area contributed by atoms with Gasteiger partial charge in [0, 0.05) is 35.5 Å². The number of hydrogen-bond donors (Lipinski definition) is 1. The predicted molar refractivity (Wildman–Crippen MR) is 131 cm³/mol. The van der Waals surface area contributed by atoms with E-state index in [1.54, 1.807) is 12.4 Å². The molecule has 5 heteroatoms. The van der Waals surface area contributed by atoms with Crippen molar-refractivity contribution < 1.29 is 9.53 Å². The number of aromatic nitrogens is 2. The molecule has 0 bridgehead atoms. The Hall–Kier alpha value is -4.38. The maximum atomic E-state index is 12.8. The van der Waals surface area contributed by atoms with Crippen LogP contribution in [0.25, 0.3) is 10.9 Å². The van der Waals surface area contributed by atoms with E-state index in [1.165, 1.54) is 5.56 Å². The van der Waals surface area contributed by atoms with Crippen LogP contribution in [0.4, 0.5) is 5.69 Å². The van der Waals surface area contributed by atoms with Crippen LogP contribution in [-0.4, -0.2) is 15.5 Å². The first kappa shape index (κ1) is 20.5. The highest BCUT2D eigenvalue weighted by atomic mass is 16.5. The van der Waals surface area contributed by atoms with Gasteiger partial charge in [-0.2, -0.15) is 0 Å². The van der Waals surface area contributed by atoms with Crippen molar-refractivity contribution in [1.82, 2.24) is 9.55 Å². The largest absolute Gasteiger partial charge is 0.456 e. The molecule has 0 saturated carbocycles. The molecule has 162 valence electrons. The van der Waals surface area contributed by atoms with E-state index >= 15 is 0 Å². The van der Waals surface area contributed by atoms with Gasteiger partial charge in [0.25, 0.3) is 0 Å². The maximum Gasteiger partial charge on any atom is 0.228 e. The number of amides is 1. The summed E-state index contributed by atoms with van der Waals surface area (Å²) in [6, 6.07) is 29.5. The maximum absolute atomic E-state index is 12.8. The van der Waals surface area contributed by atoms with Crippen LogP contribution in [0.2, 0.25) is 0 Å². The minimum Gasteiger partial charge on any atom is -0.456 e. The molecule has 1 amide bonds. The molecule has 2 aromatic heterocycles. The Morgan fingerprint density at radius 2 is 1.64 bits per heavy atom. The van der Waals surface area contributed by atoms with Crippen LogP contribution in [0, 0.1) is 0 Å². The number of hydrogen-bond acceptors (Lipinski definition) is 3. The van der Waals surface area contributed by atoms with Gasteiger partial charge in [0.05, 0.1) is 12.6 Å². The van der Waals surface area contributed by atoms with Gasteiger partial charge in [-0.3, -0.25) is 9.78 Å². The van der Waals surface area contributed by atoms with Crippen molar-refractivity contribution >= 4 is 22.5 Å². The van der Waals surface area contributed by atoms with E-state index in [0.717, 1.165) is 28.7 Å². The van der Waals surface area contributed by atoms with Crippen LogP contribution < -0.4 is 10.1 Å². The summed E-state index contributed by atoms with van der Waals surface area (Å²) in [5.74, 6) is 1.30. The SMILES string of the molecule is O=C(Cc1cn(Cc2ccccc2)c2ccccc12)Nc1ccc(Oc2cccnc2)cc1. The number of pyridine rings is 1. The molecular formula is C28H23N3O2. The van der Waals surface area contributed by atoms with Gasteiger partial charge in [0.15, 0.2) is 0 Å². The Labute approximate surface area is 192 Å². The molecule has 0 aliphatic carbocycles. The third-order valence-corrected chi connectivity index (χ3v) is 5.43. The molecule has 33 heavy (non-hydrogen) atoms. The normalized spacial score (nSPS) is 10.8. The van der Waals surface area contributed by atoms with E-state index in [1.807, 2.05) is 66.7 Å². The second-order valence-corrected chi connectivity index (χ2v) is 7.83. The van der Waals surface area contributed by atoms with Crippen molar-refractivity contribution in [2.45, 2.75) is 13.0 Å². The Bertz CT molecular complexity index is 1360. The molecule has 2 heterocycles. The number of nitrogens with zero attached hydrogens (tertiary/aromatic N) is 2. The number of nitrogens with one attached hydrogen (secondary N) is 1. The summed E-state index contributed by atoms with van der Waals surface area (Å²) in [6.07, 6.45) is 5.74. The first-order valence-corrected chi connectivity index (χ1v) is 10.8. The lowest BCUT2D eigenvalue weighted by molar-refractivity contribution is -0.115. The fourth-order valence-electron chi connectivity index (χ4n) is 3.90. The van der Waals surface area contributed by atoms with Crippen LogP contribution in [0.5, 0.6) is 11.5 Å². The van der Waals surface area contributed by atoms with Crippen molar-refractivity contribution in [2.24, 2.45) is 0 Å². The lowest BCUT2D eigenvalue weighted by atomic mass is 10.1. The minimum atomic E-state index is -0.0569. The number of ether oxygens (including phenoxy) is 1. The van der Waals surface area contributed by atoms with Gasteiger partial charge >= 0.3 is 0 Å². The molecule has 0 fully saturated rings. The molecule has 0 atom stereocenters. The first-order chi connectivity index (χ1) is 16.2. The molecule has 5 rings (SSSR count). The van der Waals surface area contributed by atoms with Gasteiger partial charge in [-0.05, 0) is 53.6 Å². The van der Waals surface area contributed by atoms with E-state index in [-0.39, 0.29) is 5.91 Å². The number of fused-ring (bicyclic) bond motifs is 1. The highest BCUT2D eigenvalue weighted by Crippen LogP contribution is 2.25. The summed E-state index contributed by atoms with van der Waals surface area (Å²) in [5, 5.41) is 4.09. The molecule has 3 aromatic carbocycles. The number of para-hydroxylation sites is 1. The van der Waals surface area contributed by atoms with E-state index in [0.29, 0.717) is 17.9 Å². The van der Waals surface area contributed by atoms with Crippen LogP contribution in [-0.2, 0) is 17.8 Å². The summed E-state index contributed by atoms with van der Waals surface area (Å²) >= 11 is 0. The average Bonchev–Trinajstić information content (AvgIpc) is 3.18.